The lowest BCUT2D eigenvalue weighted by Crippen LogP contribution is -2.52. The molecule has 2 fully saturated rings. The molecule has 0 bridgehead atoms. The van der Waals surface area contributed by atoms with Gasteiger partial charge in [-0.1, -0.05) is 38.3 Å². The molecule has 3 aliphatic rings. The third-order valence-electron chi connectivity index (χ3n) is 6.47. The molecule has 7 nitrogen and oxygen atoms in total. The predicted octanol–water partition coefficient (Wildman–Crippen LogP) is 2.75. The summed E-state index contributed by atoms with van der Waals surface area (Å²) >= 11 is 0. The summed E-state index contributed by atoms with van der Waals surface area (Å²) < 4.78 is 0. The van der Waals surface area contributed by atoms with Crippen molar-refractivity contribution >= 4 is 29.3 Å². The number of amides is 4. The van der Waals surface area contributed by atoms with E-state index in [4.69, 9.17) is 0 Å². The fourth-order valence-electron chi connectivity index (χ4n) is 4.88. The molecule has 154 valence electrons. The summed E-state index contributed by atoms with van der Waals surface area (Å²) in [7, 11) is 0. The number of imide groups is 1. The van der Waals surface area contributed by atoms with E-state index in [1.807, 2.05) is 12.1 Å². The Labute approximate surface area is 170 Å². The molecule has 0 spiro atoms. The lowest BCUT2D eigenvalue weighted by atomic mass is 9.73. The highest BCUT2D eigenvalue weighted by Crippen LogP contribution is 2.39. The Bertz CT molecular complexity index is 873. The first kappa shape index (κ1) is 19.6. The Morgan fingerprint density at radius 1 is 1.21 bits per heavy atom. The highest BCUT2D eigenvalue weighted by Gasteiger charge is 2.40. The summed E-state index contributed by atoms with van der Waals surface area (Å²) in [4.78, 5) is 50.9. The molecule has 2 N–H and O–H groups in total. The Kier molecular flexibility index (Phi) is 5.15. The topological polar surface area (TPSA) is 95.6 Å². The molecule has 1 aromatic carbocycles. The van der Waals surface area contributed by atoms with Crippen LogP contribution in [0.25, 0.3) is 0 Å². The third-order valence-corrected chi connectivity index (χ3v) is 6.47. The van der Waals surface area contributed by atoms with Crippen molar-refractivity contribution in [3.63, 3.8) is 0 Å². The number of anilines is 1. The van der Waals surface area contributed by atoms with E-state index in [9.17, 15) is 19.2 Å². The molecule has 1 unspecified atom stereocenters. The molecule has 4 amide bonds. The minimum Gasteiger partial charge on any atom is -0.325 e. The molecule has 1 saturated heterocycles. The van der Waals surface area contributed by atoms with Gasteiger partial charge in [0, 0.05) is 19.4 Å². The van der Waals surface area contributed by atoms with Crippen molar-refractivity contribution in [2.24, 2.45) is 5.41 Å². The van der Waals surface area contributed by atoms with Gasteiger partial charge in [0.2, 0.25) is 17.7 Å². The predicted molar refractivity (Wildman–Crippen MR) is 107 cm³/mol. The van der Waals surface area contributed by atoms with Crippen molar-refractivity contribution in [1.82, 2.24) is 10.2 Å². The minimum atomic E-state index is -0.655. The first-order chi connectivity index (χ1) is 13.9. The van der Waals surface area contributed by atoms with Gasteiger partial charge in [-0.15, -0.1) is 0 Å². The summed E-state index contributed by atoms with van der Waals surface area (Å²) in [6, 6.07) is 4.75. The highest BCUT2D eigenvalue weighted by atomic mass is 16.2. The van der Waals surface area contributed by atoms with E-state index in [-0.39, 0.29) is 29.6 Å². The standard InChI is InChI=1S/C22H27N3O4/c1-22(10-3-2-4-11-22)12-18(27)23-15-7-5-6-14-13-25(21(29)19(14)15)16-8-9-17(26)24-20(16)28/h5-7,16H,2-4,8-13H2,1H3,(H,23,27)(H,24,26,28). The van der Waals surface area contributed by atoms with Gasteiger partial charge in [0.05, 0.1) is 11.3 Å². The van der Waals surface area contributed by atoms with Gasteiger partial charge in [-0.2, -0.15) is 0 Å². The number of nitrogens with zero attached hydrogens (tertiary/aromatic N) is 1. The zero-order valence-corrected chi connectivity index (χ0v) is 16.8. The molecular weight excluding hydrogens is 370 g/mol. The van der Waals surface area contributed by atoms with Crippen LogP contribution in [-0.2, 0) is 20.9 Å². The van der Waals surface area contributed by atoms with Crippen molar-refractivity contribution < 1.29 is 19.2 Å². The second-order valence-corrected chi connectivity index (χ2v) is 8.84. The summed E-state index contributed by atoms with van der Waals surface area (Å²) in [5, 5.41) is 5.25. The van der Waals surface area contributed by atoms with E-state index < -0.39 is 11.9 Å². The number of carbonyl (C=O) groups is 4. The van der Waals surface area contributed by atoms with Gasteiger partial charge in [0.25, 0.3) is 5.91 Å². The zero-order valence-electron chi connectivity index (χ0n) is 16.8. The van der Waals surface area contributed by atoms with Gasteiger partial charge >= 0.3 is 0 Å². The Balaban J connectivity index is 1.49. The molecule has 1 saturated carbocycles. The Hall–Kier alpha value is -2.70. The lowest BCUT2D eigenvalue weighted by molar-refractivity contribution is -0.137. The number of benzene rings is 1. The number of piperidine rings is 1. The van der Waals surface area contributed by atoms with Crippen molar-refractivity contribution in [3.8, 4) is 0 Å². The van der Waals surface area contributed by atoms with Crippen molar-refractivity contribution in [2.75, 3.05) is 5.32 Å². The van der Waals surface area contributed by atoms with Gasteiger partial charge in [-0.25, -0.2) is 0 Å². The van der Waals surface area contributed by atoms with Crippen LogP contribution in [-0.4, -0.2) is 34.6 Å². The molecule has 2 heterocycles. The maximum atomic E-state index is 13.1. The molecule has 1 aliphatic carbocycles. The Morgan fingerprint density at radius 3 is 2.69 bits per heavy atom. The van der Waals surface area contributed by atoms with E-state index in [1.165, 1.54) is 11.3 Å². The number of rotatable bonds is 4. The van der Waals surface area contributed by atoms with Gasteiger partial charge in [0.1, 0.15) is 6.04 Å². The smallest absolute Gasteiger partial charge is 0.257 e. The molecule has 0 radical (unpaired) electrons. The van der Waals surface area contributed by atoms with Crippen molar-refractivity contribution in [2.45, 2.75) is 70.9 Å². The molecular formula is C22H27N3O4. The maximum Gasteiger partial charge on any atom is 0.257 e. The number of hydrogen-bond acceptors (Lipinski definition) is 4. The Morgan fingerprint density at radius 2 is 1.97 bits per heavy atom. The zero-order chi connectivity index (χ0) is 20.6. The van der Waals surface area contributed by atoms with Crippen molar-refractivity contribution in [3.05, 3.63) is 29.3 Å². The molecule has 1 aromatic rings. The van der Waals surface area contributed by atoms with Crippen LogP contribution in [0.2, 0.25) is 0 Å². The molecule has 4 rings (SSSR count). The van der Waals surface area contributed by atoms with Gasteiger partial charge in [-0.3, -0.25) is 24.5 Å². The normalized spacial score (nSPS) is 23.6. The highest BCUT2D eigenvalue weighted by molar-refractivity contribution is 6.09. The number of hydrogen-bond donors (Lipinski definition) is 2. The first-order valence-corrected chi connectivity index (χ1v) is 10.4. The average molecular weight is 397 g/mol. The van der Waals surface area contributed by atoms with Crippen LogP contribution in [0.15, 0.2) is 18.2 Å². The summed E-state index contributed by atoms with van der Waals surface area (Å²) in [5.74, 6) is -1.08. The van der Waals surface area contributed by atoms with E-state index in [0.717, 1.165) is 31.2 Å². The molecule has 2 aliphatic heterocycles. The fraction of sp³-hybridized carbons (Fsp3) is 0.545. The van der Waals surface area contributed by atoms with Gasteiger partial charge in [-0.05, 0) is 36.3 Å². The maximum absolute atomic E-state index is 13.1. The van der Waals surface area contributed by atoms with Gasteiger partial charge < -0.3 is 10.2 Å². The van der Waals surface area contributed by atoms with Crippen LogP contribution in [0, 0.1) is 5.41 Å². The third kappa shape index (κ3) is 3.91. The summed E-state index contributed by atoms with van der Waals surface area (Å²) in [5.41, 5.74) is 1.77. The molecule has 1 atom stereocenters. The first-order valence-electron chi connectivity index (χ1n) is 10.4. The molecule has 7 heteroatoms. The minimum absolute atomic E-state index is 0.0169. The number of fused-ring (bicyclic) bond motifs is 1. The lowest BCUT2D eigenvalue weighted by Gasteiger charge is -2.33. The molecule has 29 heavy (non-hydrogen) atoms. The quantitative estimate of drug-likeness (QED) is 0.764. The van der Waals surface area contributed by atoms with Crippen LogP contribution in [0.1, 0.15) is 74.2 Å². The fourth-order valence-corrected chi connectivity index (χ4v) is 4.88. The van der Waals surface area contributed by atoms with Crippen LogP contribution < -0.4 is 10.6 Å². The number of nitrogens with one attached hydrogen (secondary N) is 2. The summed E-state index contributed by atoms with van der Waals surface area (Å²) in [6.45, 7) is 2.47. The van der Waals surface area contributed by atoms with Gasteiger partial charge in [0.15, 0.2) is 0 Å². The summed E-state index contributed by atoms with van der Waals surface area (Å²) in [6.07, 6.45) is 6.64. The molecule has 0 aromatic heterocycles. The van der Waals surface area contributed by atoms with Crippen LogP contribution in [0.4, 0.5) is 5.69 Å². The SMILES string of the molecule is CC1(CC(=O)Nc2cccc3c2C(=O)N(C2CCC(=O)NC2=O)C3)CCCCC1. The van der Waals surface area contributed by atoms with Crippen molar-refractivity contribution in [1.29, 1.82) is 0 Å². The second kappa shape index (κ2) is 7.61. The van der Waals surface area contributed by atoms with E-state index in [1.54, 1.807) is 6.07 Å². The second-order valence-electron chi connectivity index (χ2n) is 8.84. The van der Waals surface area contributed by atoms with Crippen LogP contribution in [0.3, 0.4) is 0 Å². The number of carbonyl (C=O) groups excluding carboxylic acids is 4. The monoisotopic (exact) mass is 397 g/mol. The van der Waals surface area contributed by atoms with Crippen LogP contribution >= 0.6 is 0 Å². The average Bonchev–Trinajstić information content (AvgIpc) is 2.99. The van der Waals surface area contributed by atoms with E-state index in [0.29, 0.717) is 30.6 Å². The largest absolute Gasteiger partial charge is 0.325 e. The van der Waals surface area contributed by atoms with E-state index >= 15 is 0 Å². The van der Waals surface area contributed by atoms with Crippen LogP contribution in [0.5, 0.6) is 0 Å². The van der Waals surface area contributed by atoms with E-state index in [2.05, 4.69) is 17.6 Å².